The van der Waals surface area contributed by atoms with Crippen LogP contribution in [0.2, 0.25) is 5.02 Å². The highest BCUT2D eigenvalue weighted by atomic mass is 79.9. The van der Waals surface area contributed by atoms with Crippen LogP contribution in [-0.4, -0.2) is 20.7 Å². The van der Waals surface area contributed by atoms with Gasteiger partial charge in [0.05, 0.1) is 5.69 Å². The van der Waals surface area contributed by atoms with Crippen LogP contribution in [-0.2, 0) is 0 Å². The Morgan fingerprint density at radius 2 is 1.76 bits per heavy atom. The summed E-state index contributed by atoms with van der Waals surface area (Å²) in [4.78, 5) is 17.3. The second kappa shape index (κ2) is 8.19. The number of benzene rings is 3. The van der Waals surface area contributed by atoms with Crippen LogP contribution in [0.3, 0.4) is 0 Å². The molecule has 29 heavy (non-hydrogen) atoms. The summed E-state index contributed by atoms with van der Waals surface area (Å²) in [7, 11) is 0. The Balaban J connectivity index is 1.75. The molecule has 0 fully saturated rings. The average Bonchev–Trinajstić information content (AvgIpc) is 3.16. The number of hydrogen-bond acceptors (Lipinski definition) is 3. The molecule has 1 amide bonds. The van der Waals surface area contributed by atoms with Gasteiger partial charge < -0.3 is 5.32 Å². The van der Waals surface area contributed by atoms with Gasteiger partial charge in [-0.25, -0.2) is 9.67 Å². The van der Waals surface area contributed by atoms with Crippen molar-refractivity contribution in [2.45, 2.75) is 6.92 Å². The molecule has 0 unspecified atom stereocenters. The van der Waals surface area contributed by atoms with Gasteiger partial charge in [-0.3, -0.25) is 4.79 Å². The molecule has 144 valence electrons. The van der Waals surface area contributed by atoms with E-state index in [1.807, 2.05) is 67.6 Å². The van der Waals surface area contributed by atoms with Crippen molar-refractivity contribution in [3.8, 4) is 17.1 Å². The summed E-state index contributed by atoms with van der Waals surface area (Å²) in [5.74, 6) is 0.223. The maximum Gasteiger partial charge on any atom is 0.295 e. The number of halogens is 2. The largest absolute Gasteiger partial charge is 0.319 e. The van der Waals surface area contributed by atoms with Gasteiger partial charge in [-0.1, -0.05) is 57.4 Å². The molecule has 1 heterocycles. The maximum absolute atomic E-state index is 12.8. The van der Waals surface area contributed by atoms with Crippen molar-refractivity contribution in [1.82, 2.24) is 14.8 Å². The van der Waals surface area contributed by atoms with E-state index in [0.717, 1.165) is 21.3 Å². The predicted octanol–water partition coefficient (Wildman–Crippen LogP) is 5.91. The van der Waals surface area contributed by atoms with E-state index in [-0.39, 0.29) is 11.7 Å². The minimum absolute atomic E-state index is 0.0727. The van der Waals surface area contributed by atoms with E-state index in [2.05, 4.69) is 31.3 Å². The van der Waals surface area contributed by atoms with E-state index < -0.39 is 0 Å². The van der Waals surface area contributed by atoms with Crippen LogP contribution in [0.4, 0.5) is 5.69 Å². The van der Waals surface area contributed by atoms with Gasteiger partial charge in [0.25, 0.3) is 5.91 Å². The van der Waals surface area contributed by atoms with E-state index in [4.69, 9.17) is 11.6 Å². The number of carbonyl (C=O) groups excluding carboxylic acids is 1. The zero-order chi connectivity index (χ0) is 20.4. The van der Waals surface area contributed by atoms with Crippen LogP contribution >= 0.6 is 27.5 Å². The highest BCUT2D eigenvalue weighted by Gasteiger charge is 2.19. The van der Waals surface area contributed by atoms with Crippen LogP contribution in [0.1, 0.15) is 16.2 Å². The summed E-state index contributed by atoms with van der Waals surface area (Å²) in [6, 6.07) is 22.5. The first-order chi connectivity index (χ1) is 14.0. The summed E-state index contributed by atoms with van der Waals surface area (Å²) >= 11 is 9.60. The number of aryl methyl sites for hydroxylation is 1. The van der Waals surface area contributed by atoms with Gasteiger partial charge in [0.2, 0.25) is 5.82 Å². The minimum Gasteiger partial charge on any atom is -0.319 e. The molecule has 0 aliphatic carbocycles. The Labute approximate surface area is 181 Å². The van der Waals surface area contributed by atoms with Crippen molar-refractivity contribution in [2.24, 2.45) is 0 Å². The van der Waals surface area contributed by atoms with Crippen molar-refractivity contribution in [1.29, 1.82) is 0 Å². The molecule has 5 nitrogen and oxygen atoms in total. The summed E-state index contributed by atoms with van der Waals surface area (Å²) in [6.45, 7) is 1.99. The van der Waals surface area contributed by atoms with Crippen molar-refractivity contribution in [2.75, 3.05) is 5.32 Å². The fraction of sp³-hybridized carbons (Fsp3) is 0.0455. The number of nitrogens with zero attached hydrogens (tertiary/aromatic N) is 3. The fourth-order valence-corrected chi connectivity index (χ4v) is 3.26. The van der Waals surface area contributed by atoms with Crippen molar-refractivity contribution >= 4 is 39.1 Å². The number of hydrogen-bond donors (Lipinski definition) is 1. The highest BCUT2D eigenvalue weighted by Crippen LogP contribution is 2.25. The summed E-state index contributed by atoms with van der Waals surface area (Å²) in [5, 5.41) is 7.89. The van der Waals surface area contributed by atoms with Gasteiger partial charge in [-0.05, 0) is 55.5 Å². The van der Waals surface area contributed by atoms with Crippen LogP contribution < -0.4 is 5.32 Å². The third kappa shape index (κ3) is 4.39. The topological polar surface area (TPSA) is 59.8 Å². The quantitative estimate of drug-likeness (QED) is 0.406. The molecule has 7 heteroatoms. The molecule has 0 aliphatic rings. The minimum atomic E-state index is -0.381. The molecule has 0 saturated heterocycles. The molecule has 1 N–H and O–H groups in total. The third-order valence-electron chi connectivity index (χ3n) is 4.27. The summed E-state index contributed by atoms with van der Waals surface area (Å²) in [5.41, 5.74) is 3.35. The van der Waals surface area contributed by atoms with E-state index in [0.29, 0.717) is 16.5 Å². The number of nitrogens with one attached hydrogen (secondary N) is 1. The SMILES string of the molecule is Cc1ccc(NC(=O)c2nc(-c3cccc(Cl)c3)n(-c3ccc(Br)cc3)n2)cc1. The lowest BCUT2D eigenvalue weighted by molar-refractivity contribution is 0.101. The van der Waals surface area contributed by atoms with Crippen molar-refractivity contribution < 1.29 is 4.79 Å². The zero-order valence-corrected chi connectivity index (χ0v) is 17.8. The number of amides is 1. The van der Waals surface area contributed by atoms with Crippen molar-refractivity contribution in [3.63, 3.8) is 0 Å². The van der Waals surface area contributed by atoms with Crippen LogP contribution in [0, 0.1) is 6.92 Å². The van der Waals surface area contributed by atoms with Gasteiger partial charge in [0, 0.05) is 20.7 Å². The molecular weight excluding hydrogens is 452 g/mol. The summed E-state index contributed by atoms with van der Waals surface area (Å²) in [6.07, 6.45) is 0. The first kappa shape index (κ1) is 19.4. The molecule has 0 bridgehead atoms. The van der Waals surface area contributed by atoms with Crippen molar-refractivity contribution in [3.05, 3.63) is 93.7 Å². The Bertz CT molecular complexity index is 1170. The number of rotatable bonds is 4. The van der Waals surface area contributed by atoms with Gasteiger partial charge in [0.15, 0.2) is 5.82 Å². The lowest BCUT2D eigenvalue weighted by atomic mass is 10.2. The Kier molecular flexibility index (Phi) is 5.47. The molecule has 1 aromatic heterocycles. The average molecular weight is 468 g/mol. The second-order valence-electron chi connectivity index (χ2n) is 6.48. The Hall–Kier alpha value is -2.96. The van der Waals surface area contributed by atoms with E-state index >= 15 is 0 Å². The molecule has 0 spiro atoms. The Morgan fingerprint density at radius 1 is 1.03 bits per heavy atom. The molecule has 0 aliphatic heterocycles. The first-order valence-corrected chi connectivity index (χ1v) is 10.0. The standard InChI is InChI=1S/C22H16BrClN4O/c1-14-5-9-18(10-6-14)25-22(29)20-26-21(15-3-2-4-17(24)13-15)28(27-20)19-11-7-16(23)8-12-19/h2-13H,1H3,(H,25,29). The van der Waals surface area contributed by atoms with E-state index in [1.165, 1.54) is 0 Å². The maximum atomic E-state index is 12.8. The van der Waals surface area contributed by atoms with Gasteiger partial charge in [0.1, 0.15) is 0 Å². The lowest BCUT2D eigenvalue weighted by Gasteiger charge is -2.06. The fourth-order valence-electron chi connectivity index (χ4n) is 2.81. The number of carbonyl (C=O) groups is 1. The molecule has 0 saturated carbocycles. The third-order valence-corrected chi connectivity index (χ3v) is 5.04. The molecule has 0 atom stereocenters. The molecule has 4 aromatic rings. The van der Waals surface area contributed by atoms with Crippen LogP contribution in [0.15, 0.2) is 77.3 Å². The lowest BCUT2D eigenvalue weighted by Crippen LogP contribution is -2.14. The molecule has 4 rings (SSSR count). The normalized spacial score (nSPS) is 10.7. The van der Waals surface area contributed by atoms with Gasteiger partial charge >= 0.3 is 0 Å². The molecule has 0 radical (unpaired) electrons. The second-order valence-corrected chi connectivity index (χ2v) is 7.83. The molecule has 3 aromatic carbocycles. The molecular formula is C22H16BrClN4O. The summed E-state index contributed by atoms with van der Waals surface area (Å²) < 4.78 is 2.59. The first-order valence-electron chi connectivity index (χ1n) is 8.86. The van der Waals surface area contributed by atoms with E-state index in [9.17, 15) is 4.79 Å². The number of aromatic nitrogens is 3. The predicted molar refractivity (Wildman–Crippen MR) is 119 cm³/mol. The van der Waals surface area contributed by atoms with Crippen LogP contribution in [0.25, 0.3) is 17.1 Å². The van der Waals surface area contributed by atoms with Gasteiger partial charge in [-0.15, -0.1) is 5.10 Å². The van der Waals surface area contributed by atoms with E-state index in [1.54, 1.807) is 16.8 Å². The highest BCUT2D eigenvalue weighted by molar-refractivity contribution is 9.10. The number of anilines is 1. The Morgan fingerprint density at radius 3 is 2.45 bits per heavy atom. The zero-order valence-electron chi connectivity index (χ0n) is 15.4. The smallest absolute Gasteiger partial charge is 0.295 e. The monoisotopic (exact) mass is 466 g/mol. The van der Waals surface area contributed by atoms with Crippen LogP contribution in [0.5, 0.6) is 0 Å². The van der Waals surface area contributed by atoms with Gasteiger partial charge in [-0.2, -0.15) is 0 Å².